The molecule has 0 unspecified atom stereocenters. The predicted octanol–water partition coefficient (Wildman–Crippen LogP) is 5.11. The monoisotopic (exact) mass is 387 g/mol. The van der Waals surface area contributed by atoms with Crippen LogP contribution >= 0.6 is 0 Å². The highest BCUT2D eigenvalue weighted by Gasteiger charge is 2.23. The first-order valence-corrected chi connectivity index (χ1v) is 9.63. The molecule has 0 aliphatic heterocycles. The van der Waals surface area contributed by atoms with Crippen LogP contribution in [0.2, 0.25) is 0 Å². The molecule has 0 saturated heterocycles. The summed E-state index contributed by atoms with van der Waals surface area (Å²) in [4.78, 5) is 0. The lowest BCUT2D eigenvalue weighted by Gasteiger charge is -2.16. The maximum Gasteiger partial charge on any atom is 0.247 e. The van der Waals surface area contributed by atoms with Gasteiger partial charge < -0.3 is 9.73 Å². The summed E-state index contributed by atoms with van der Waals surface area (Å²) in [6.07, 6.45) is 0.810. The third-order valence-electron chi connectivity index (χ3n) is 4.81. The highest BCUT2D eigenvalue weighted by atomic mass is 19.1. The molecule has 3 aromatic carbocycles. The molecule has 0 saturated carbocycles. The lowest BCUT2D eigenvalue weighted by molar-refractivity contribution is 0.430. The van der Waals surface area contributed by atoms with Gasteiger partial charge in [0.2, 0.25) is 11.8 Å². The van der Waals surface area contributed by atoms with Gasteiger partial charge in [0.25, 0.3) is 0 Å². The van der Waals surface area contributed by atoms with Crippen molar-refractivity contribution in [3.63, 3.8) is 0 Å². The van der Waals surface area contributed by atoms with Crippen molar-refractivity contribution in [3.8, 4) is 11.5 Å². The molecule has 0 bridgehead atoms. The minimum atomic E-state index is -0.522. The van der Waals surface area contributed by atoms with E-state index in [1.165, 1.54) is 17.2 Å². The predicted molar refractivity (Wildman–Crippen MR) is 111 cm³/mol. The van der Waals surface area contributed by atoms with Crippen molar-refractivity contribution in [3.05, 3.63) is 107 Å². The summed E-state index contributed by atoms with van der Waals surface area (Å²) in [6.45, 7) is 2.71. The molecule has 4 rings (SSSR count). The molecule has 0 aliphatic carbocycles. The molecule has 146 valence electrons. The molecule has 4 nitrogen and oxygen atoms in total. The maximum absolute atomic E-state index is 14.5. The molecule has 1 heterocycles. The van der Waals surface area contributed by atoms with E-state index in [1.807, 2.05) is 36.4 Å². The number of rotatable bonds is 7. The highest BCUT2D eigenvalue weighted by molar-refractivity contribution is 5.51. The molecule has 0 radical (unpaired) electrons. The van der Waals surface area contributed by atoms with Crippen molar-refractivity contribution >= 4 is 0 Å². The van der Waals surface area contributed by atoms with Crippen LogP contribution in [0, 0.1) is 12.7 Å². The Kier molecular flexibility index (Phi) is 5.77. The maximum atomic E-state index is 14.5. The van der Waals surface area contributed by atoms with Gasteiger partial charge in [-0.2, -0.15) is 0 Å². The molecule has 0 spiro atoms. The zero-order valence-electron chi connectivity index (χ0n) is 16.2. The van der Waals surface area contributed by atoms with E-state index in [1.54, 1.807) is 12.1 Å². The van der Waals surface area contributed by atoms with Crippen LogP contribution in [0.1, 0.15) is 28.6 Å². The Balaban J connectivity index is 1.57. The van der Waals surface area contributed by atoms with Crippen molar-refractivity contribution < 1.29 is 8.81 Å². The number of nitrogens with one attached hydrogen (secondary N) is 1. The van der Waals surface area contributed by atoms with Gasteiger partial charge in [-0.05, 0) is 37.1 Å². The lowest BCUT2D eigenvalue weighted by atomic mass is 10.1. The second-order valence-corrected chi connectivity index (χ2v) is 6.96. The number of aryl methyl sites for hydroxylation is 1. The molecule has 1 N–H and O–H groups in total. The van der Waals surface area contributed by atoms with E-state index in [2.05, 4.69) is 46.7 Å². The number of hydrogen-bond donors (Lipinski definition) is 1. The Morgan fingerprint density at radius 1 is 0.897 bits per heavy atom. The molecule has 4 aromatic rings. The zero-order chi connectivity index (χ0) is 20.1. The van der Waals surface area contributed by atoms with E-state index < -0.39 is 6.04 Å². The molecular formula is C24H22FN3O. The average molecular weight is 387 g/mol. The van der Waals surface area contributed by atoms with Crippen molar-refractivity contribution in [2.45, 2.75) is 19.4 Å². The summed E-state index contributed by atoms with van der Waals surface area (Å²) in [6, 6.07) is 24.1. The Morgan fingerprint density at radius 3 is 2.38 bits per heavy atom. The third-order valence-corrected chi connectivity index (χ3v) is 4.81. The molecular weight excluding hydrogens is 365 g/mol. The number of nitrogens with zero attached hydrogens (tertiary/aromatic N) is 2. The van der Waals surface area contributed by atoms with Crippen LogP contribution in [0.25, 0.3) is 11.5 Å². The van der Waals surface area contributed by atoms with Crippen LogP contribution in [0.15, 0.2) is 83.3 Å². The second-order valence-electron chi connectivity index (χ2n) is 6.96. The number of hydrogen-bond acceptors (Lipinski definition) is 4. The van der Waals surface area contributed by atoms with E-state index in [9.17, 15) is 4.39 Å². The van der Waals surface area contributed by atoms with Crippen LogP contribution in [0.5, 0.6) is 0 Å². The fourth-order valence-corrected chi connectivity index (χ4v) is 3.20. The highest BCUT2D eigenvalue weighted by Crippen LogP contribution is 2.26. The van der Waals surface area contributed by atoms with Gasteiger partial charge in [-0.15, -0.1) is 10.2 Å². The summed E-state index contributed by atoms with van der Waals surface area (Å²) in [5.74, 6) is 0.458. The minimum absolute atomic E-state index is 0.306. The quantitative estimate of drug-likeness (QED) is 0.479. The molecule has 0 fully saturated rings. The van der Waals surface area contributed by atoms with Crippen LogP contribution in [-0.2, 0) is 6.42 Å². The second kappa shape index (κ2) is 8.80. The van der Waals surface area contributed by atoms with E-state index in [0.717, 1.165) is 12.0 Å². The van der Waals surface area contributed by atoms with Gasteiger partial charge in [0, 0.05) is 17.7 Å². The molecule has 5 heteroatoms. The van der Waals surface area contributed by atoms with E-state index in [4.69, 9.17) is 4.42 Å². The van der Waals surface area contributed by atoms with Gasteiger partial charge in [-0.1, -0.05) is 66.2 Å². The van der Waals surface area contributed by atoms with E-state index in [0.29, 0.717) is 23.9 Å². The van der Waals surface area contributed by atoms with Gasteiger partial charge in [0.15, 0.2) is 0 Å². The smallest absolute Gasteiger partial charge is 0.247 e. The topological polar surface area (TPSA) is 51.0 Å². The zero-order valence-corrected chi connectivity index (χ0v) is 16.2. The van der Waals surface area contributed by atoms with E-state index in [-0.39, 0.29) is 5.82 Å². The van der Waals surface area contributed by atoms with Crippen LogP contribution in [0.3, 0.4) is 0 Å². The first-order valence-electron chi connectivity index (χ1n) is 9.63. The summed E-state index contributed by atoms with van der Waals surface area (Å²) < 4.78 is 20.4. The normalized spacial score (nSPS) is 12.1. The Labute approximate surface area is 169 Å². The van der Waals surface area contributed by atoms with Gasteiger partial charge in [-0.25, -0.2) is 4.39 Å². The van der Waals surface area contributed by atoms with Crippen molar-refractivity contribution in [2.24, 2.45) is 0 Å². The number of halogens is 1. The first kappa shape index (κ1) is 19.0. The molecule has 29 heavy (non-hydrogen) atoms. The van der Waals surface area contributed by atoms with Gasteiger partial charge in [0.1, 0.15) is 11.9 Å². The average Bonchev–Trinajstić information content (AvgIpc) is 3.24. The van der Waals surface area contributed by atoms with Crippen molar-refractivity contribution in [1.82, 2.24) is 15.5 Å². The first-order chi connectivity index (χ1) is 14.2. The number of aromatic nitrogens is 2. The SMILES string of the molecule is Cc1ccc(CCN[C@H](c2nnc(-c3ccccc3)o2)c2ccccc2F)cc1. The molecule has 1 atom stereocenters. The van der Waals surface area contributed by atoms with Crippen molar-refractivity contribution in [2.75, 3.05) is 6.54 Å². The summed E-state index contributed by atoms with van der Waals surface area (Å²) in [5, 5.41) is 11.7. The van der Waals surface area contributed by atoms with Gasteiger partial charge >= 0.3 is 0 Å². The fraction of sp³-hybridized carbons (Fsp3) is 0.167. The summed E-state index contributed by atoms with van der Waals surface area (Å²) in [5.41, 5.74) is 3.76. The molecule has 1 aromatic heterocycles. The van der Waals surface area contributed by atoms with Crippen LogP contribution in [-0.4, -0.2) is 16.7 Å². The van der Waals surface area contributed by atoms with Crippen LogP contribution < -0.4 is 5.32 Å². The Hall–Kier alpha value is -3.31. The number of benzene rings is 3. The Bertz CT molecular complexity index is 1060. The summed E-state index contributed by atoms with van der Waals surface area (Å²) in [7, 11) is 0. The van der Waals surface area contributed by atoms with Crippen LogP contribution in [0.4, 0.5) is 4.39 Å². The molecule has 0 aliphatic rings. The Morgan fingerprint density at radius 2 is 1.62 bits per heavy atom. The molecule has 0 amide bonds. The fourth-order valence-electron chi connectivity index (χ4n) is 3.20. The minimum Gasteiger partial charge on any atom is -0.419 e. The third kappa shape index (κ3) is 4.58. The van der Waals surface area contributed by atoms with Gasteiger partial charge in [0.05, 0.1) is 0 Å². The largest absolute Gasteiger partial charge is 0.419 e. The lowest BCUT2D eigenvalue weighted by Crippen LogP contribution is -2.26. The standard InChI is InChI=1S/C24H22FN3O/c1-17-11-13-18(14-12-17)15-16-26-22(20-9-5-6-10-21(20)25)24-28-27-23(29-24)19-7-3-2-4-8-19/h2-14,22,26H,15-16H2,1H3/t22-/m0/s1. The summed E-state index contributed by atoms with van der Waals surface area (Å²) >= 11 is 0. The van der Waals surface area contributed by atoms with E-state index >= 15 is 0 Å². The van der Waals surface area contributed by atoms with Gasteiger partial charge in [-0.3, -0.25) is 0 Å². The van der Waals surface area contributed by atoms with Crippen molar-refractivity contribution in [1.29, 1.82) is 0 Å².